The highest BCUT2D eigenvalue weighted by Crippen LogP contribution is 2.33. The first-order chi connectivity index (χ1) is 9.22. The van der Waals surface area contributed by atoms with Gasteiger partial charge in [0, 0.05) is 25.4 Å². The summed E-state index contributed by atoms with van der Waals surface area (Å²) in [6, 6.07) is 0. The van der Waals surface area contributed by atoms with Gasteiger partial charge in [-0.3, -0.25) is 4.79 Å². The lowest BCUT2D eigenvalue weighted by Crippen LogP contribution is -2.38. The van der Waals surface area contributed by atoms with Gasteiger partial charge in [0.25, 0.3) is 0 Å². The van der Waals surface area contributed by atoms with Crippen molar-refractivity contribution < 1.29 is 4.79 Å². The van der Waals surface area contributed by atoms with Crippen molar-refractivity contribution in [1.29, 1.82) is 0 Å². The van der Waals surface area contributed by atoms with Crippen molar-refractivity contribution in [3.05, 3.63) is 0 Å². The van der Waals surface area contributed by atoms with Gasteiger partial charge in [-0.15, -0.1) is 0 Å². The normalized spacial score (nSPS) is 28.1. The van der Waals surface area contributed by atoms with Gasteiger partial charge in [0.1, 0.15) is 5.78 Å². The highest BCUT2D eigenvalue weighted by atomic mass is 16.1. The Morgan fingerprint density at radius 1 is 1.05 bits per heavy atom. The maximum Gasteiger partial charge on any atom is 0.137 e. The lowest BCUT2D eigenvalue weighted by molar-refractivity contribution is -0.126. The van der Waals surface area contributed by atoms with Crippen LogP contribution in [0.3, 0.4) is 0 Å². The fourth-order valence-electron chi connectivity index (χ4n) is 3.60. The van der Waals surface area contributed by atoms with Crippen LogP contribution >= 0.6 is 0 Å². The van der Waals surface area contributed by atoms with E-state index in [1.807, 2.05) is 0 Å². The van der Waals surface area contributed by atoms with Gasteiger partial charge in [-0.05, 0) is 50.5 Å². The molecule has 2 aliphatic rings. The molecule has 2 saturated carbocycles. The molecule has 19 heavy (non-hydrogen) atoms. The third kappa shape index (κ3) is 4.91. The Labute approximate surface area is 118 Å². The van der Waals surface area contributed by atoms with Crippen molar-refractivity contribution in [3.63, 3.8) is 0 Å². The van der Waals surface area contributed by atoms with Crippen LogP contribution in [0.2, 0.25) is 0 Å². The molecule has 0 bridgehead atoms. The van der Waals surface area contributed by atoms with E-state index in [0.717, 1.165) is 37.6 Å². The van der Waals surface area contributed by atoms with Crippen LogP contribution in [-0.2, 0) is 4.79 Å². The van der Waals surface area contributed by atoms with Crippen molar-refractivity contribution in [1.82, 2.24) is 4.90 Å². The number of rotatable bonds is 8. The fraction of sp³-hybridized carbons (Fsp3) is 0.941. The summed E-state index contributed by atoms with van der Waals surface area (Å²) in [4.78, 5) is 14.7. The Bertz CT molecular complexity index is 285. The van der Waals surface area contributed by atoms with E-state index in [2.05, 4.69) is 18.7 Å². The van der Waals surface area contributed by atoms with Crippen LogP contribution in [0.1, 0.15) is 65.2 Å². The maximum absolute atomic E-state index is 12.2. The number of hydrogen-bond donors (Lipinski definition) is 0. The number of carbonyl (C=O) groups excluding carboxylic acids is 1. The molecule has 0 heterocycles. The zero-order valence-corrected chi connectivity index (χ0v) is 12.9. The SMILES string of the molecule is CCCC1CCC(=O)C(CN(CCC)CC2CC2)C1. The van der Waals surface area contributed by atoms with Crippen LogP contribution < -0.4 is 0 Å². The van der Waals surface area contributed by atoms with Crippen LogP contribution in [0.5, 0.6) is 0 Å². The molecule has 2 fully saturated rings. The summed E-state index contributed by atoms with van der Waals surface area (Å²) in [5, 5.41) is 0. The van der Waals surface area contributed by atoms with Crippen LogP contribution in [0.25, 0.3) is 0 Å². The summed E-state index contributed by atoms with van der Waals surface area (Å²) in [7, 11) is 0. The molecule has 0 aromatic heterocycles. The molecule has 0 aromatic carbocycles. The van der Waals surface area contributed by atoms with Gasteiger partial charge in [-0.25, -0.2) is 0 Å². The van der Waals surface area contributed by atoms with Gasteiger partial charge in [-0.2, -0.15) is 0 Å². The maximum atomic E-state index is 12.2. The van der Waals surface area contributed by atoms with Gasteiger partial charge in [0.15, 0.2) is 0 Å². The Balaban J connectivity index is 1.83. The van der Waals surface area contributed by atoms with E-state index in [4.69, 9.17) is 0 Å². The second-order valence-corrected chi connectivity index (χ2v) is 6.80. The van der Waals surface area contributed by atoms with Crippen LogP contribution in [-0.4, -0.2) is 30.3 Å². The van der Waals surface area contributed by atoms with Crippen LogP contribution in [0.15, 0.2) is 0 Å². The number of hydrogen-bond acceptors (Lipinski definition) is 2. The summed E-state index contributed by atoms with van der Waals surface area (Å²) in [5.74, 6) is 2.65. The second kappa shape index (κ2) is 7.42. The van der Waals surface area contributed by atoms with Gasteiger partial charge >= 0.3 is 0 Å². The van der Waals surface area contributed by atoms with Gasteiger partial charge in [0.2, 0.25) is 0 Å². The standard InChI is InChI=1S/C17H31NO/c1-3-5-14-8-9-17(19)16(11-14)13-18(10-4-2)12-15-6-7-15/h14-16H,3-13H2,1-2H3. The second-order valence-electron chi connectivity index (χ2n) is 6.80. The van der Waals surface area contributed by atoms with Gasteiger partial charge in [0.05, 0.1) is 0 Å². The monoisotopic (exact) mass is 265 g/mol. The van der Waals surface area contributed by atoms with Crippen molar-refractivity contribution in [3.8, 4) is 0 Å². The highest BCUT2D eigenvalue weighted by molar-refractivity contribution is 5.81. The molecule has 2 heteroatoms. The van der Waals surface area contributed by atoms with E-state index >= 15 is 0 Å². The Morgan fingerprint density at radius 2 is 1.84 bits per heavy atom. The number of Topliss-reactive ketones (excluding diaryl/α,β-unsaturated/α-hetero) is 1. The van der Waals surface area contributed by atoms with E-state index in [0.29, 0.717) is 11.7 Å². The molecule has 2 aliphatic carbocycles. The third-order valence-electron chi connectivity index (χ3n) is 4.80. The van der Waals surface area contributed by atoms with Crippen molar-refractivity contribution >= 4 is 5.78 Å². The average Bonchev–Trinajstić information content (AvgIpc) is 3.18. The van der Waals surface area contributed by atoms with Crippen molar-refractivity contribution in [2.24, 2.45) is 17.8 Å². The quantitative estimate of drug-likeness (QED) is 0.663. The zero-order valence-electron chi connectivity index (χ0n) is 12.9. The minimum absolute atomic E-state index is 0.343. The minimum Gasteiger partial charge on any atom is -0.302 e. The lowest BCUT2D eigenvalue weighted by atomic mass is 9.78. The summed E-state index contributed by atoms with van der Waals surface area (Å²) >= 11 is 0. The molecule has 2 atom stereocenters. The summed E-state index contributed by atoms with van der Waals surface area (Å²) in [5.41, 5.74) is 0. The molecule has 0 aromatic rings. The summed E-state index contributed by atoms with van der Waals surface area (Å²) in [6.45, 7) is 7.99. The minimum atomic E-state index is 0.343. The molecule has 2 nitrogen and oxygen atoms in total. The molecular formula is C17H31NO. The fourth-order valence-corrected chi connectivity index (χ4v) is 3.60. The van der Waals surface area contributed by atoms with Gasteiger partial charge < -0.3 is 4.90 Å². The van der Waals surface area contributed by atoms with Crippen LogP contribution in [0.4, 0.5) is 0 Å². The first-order valence-corrected chi connectivity index (χ1v) is 8.48. The number of ketones is 1. The Morgan fingerprint density at radius 3 is 2.47 bits per heavy atom. The van der Waals surface area contributed by atoms with Crippen LogP contribution in [0, 0.1) is 17.8 Å². The number of carbonyl (C=O) groups is 1. The zero-order chi connectivity index (χ0) is 13.7. The predicted octanol–water partition coefficient (Wildman–Crippen LogP) is 3.89. The third-order valence-corrected chi connectivity index (χ3v) is 4.80. The highest BCUT2D eigenvalue weighted by Gasteiger charge is 2.31. The summed E-state index contributed by atoms with van der Waals surface area (Å²) < 4.78 is 0. The molecule has 0 N–H and O–H groups in total. The molecule has 0 amide bonds. The van der Waals surface area contributed by atoms with E-state index in [1.54, 1.807) is 0 Å². The molecule has 0 radical (unpaired) electrons. The van der Waals surface area contributed by atoms with Gasteiger partial charge in [-0.1, -0.05) is 26.7 Å². The van der Waals surface area contributed by atoms with Crippen molar-refractivity contribution in [2.75, 3.05) is 19.6 Å². The predicted molar refractivity (Wildman–Crippen MR) is 80.2 cm³/mol. The number of nitrogens with zero attached hydrogens (tertiary/aromatic N) is 1. The Kier molecular flexibility index (Phi) is 5.87. The molecule has 2 unspecified atom stereocenters. The van der Waals surface area contributed by atoms with E-state index in [9.17, 15) is 4.79 Å². The average molecular weight is 265 g/mol. The first-order valence-electron chi connectivity index (χ1n) is 8.48. The Hall–Kier alpha value is -0.370. The lowest BCUT2D eigenvalue weighted by Gasteiger charge is -2.32. The largest absolute Gasteiger partial charge is 0.302 e. The molecular weight excluding hydrogens is 234 g/mol. The first kappa shape index (κ1) is 15.0. The summed E-state index contributed by atoms with van der Waals surface area (Å²) in [6.07, 6.45) is 9.79. The molecule has 0 spiro atoms. The van der Waals surface area contributed by atoms with E-state index in [1.165, 1.54) is 45.2 Å². The van der Waals surface area contributed by atoms with E-state index in [-0.39, 0.29) is 0 Å². The molecule has 0 saturated heterocycles. The molecule has 0 aliphatic heterocycles. The van der Waals surface area contributed by atoms with Crippen molar-refractivity contribution in [2.45, 2.75) is 65.2 Å². The molecule has 110 valence electrons. The molecule has 2 rings (SSSR count). The van der Waals surface area contributed by atoms with E-state index < -0.39 is 0 Å². The smallest absolute Gasteiger partial charge is 0.137 e. The topological polar surface area (TPSA) is 20.3 Å².